The second-order valence-corrected chi connectivity index (χ2v) is 7.39. The van der Waals surface area contributed by atoms with Crippen molar-refractivity contribution >= 4 is 17.7 Å². The number of aromatic nitrogens is 1. The normalized spacial score (nSPS) is 17.0. The zero-order chi connectivity index (χ0) is 21.7. The number of rotatable bonds is 8. The van der Waals surface area contributed by atoms with Crippen molar-refractivity contribution in [3.05, 3.63) is 77.6 Å². The average molecular weight is 418 g/mol. The zero-order valence-electron chi connectivity index (χ0n) is 17.6. The van der Waals surface area contributed by atoms with Crippen molar-refractivity contribution in [3.8, 4) is 11.5 Å². The van der Waals surface area contributed by atoms with E-state index in [2.05, 4.69) is 20.6 Å². The third-order valence-electron chi connectivity index (χ3n) is 5.27. The van der Waals surface area contributed by atoms with Gasteiger partial charge in [-0.3, -0.25) is 4.98 Å². The molecule has 1 unspecified atom stereocenters. The first-order valence-electron chi connectivity index (χ1n) is 10.2. The standard InChI is InChI=1S/C24H26N4O3/c1-17-5-6-19(14-23(17)29)28-24(30-2)21-8-7-20(15-22(21)26-16-27-24)31-13-3-4-18-9-11-25-12-10-18/h5-12,14-16,28-29H,3-4,13H2,1-2H3,(H,26,27). The average Bonchev–Trinajstić information content (AvgIpc) is 2.80. The maximum Gasteiger partial charge on any atom is 0.267 e. The highest BCUT2D eigenvalue weighted by atomic mass is 16.5. The van der Waals surface area contributed by atoms with Crippen LogP contribution in [0.3, 0.4) is 0 Å². The number of aryl methyl sites for hydroxylation is 2. The number of fused-ring (bicyclic) bond motifs is 1. The Morgan fingerprint density at radius 2 is 1.94 bits per heavy atom. The molecule has 0 amide bonds. The molecule has 7 nitrogen and oxygen atoms in total. The summed E-state index contributed by atoms with van der Waals surface area (Å²) in [5.74, 6) is -0.124. The number of aliphatic imine (C=N–C) groups is 1. The van der Waals surface area contributed by atoms with Gasteiger partial charge in [0, 0.05) is 37.3 Å². The molecule has 1 aromatic heterocycles. The van der Waals surface area contributed by atoms with Crippen molar-refractivity contribution in [2.45, 2.75) is 25.6 Å². The van der Waals surface area contributed by atoms with Gasteiger partial charge in [-0.25, -0.2) is 4.99 Å². The van der Waals surface area contributed by atoms with Gasteiger partial charge in [0.15, 0.2) is 0 Å². The van der Waals surface area contributed by atoms with Crippen molar-refractivity contribution in [1.82, 2.24) is 4.98 Å². The quantitative estimate of drug-likeness (QED) is 0.371. The van der Waals surface area contributed by atoms with Crippen LogP contribution in [-0.2, 0) is 17.0 Å². The second kappa shape index (κ2) is 9.06. The van der Waals surface area contributed by atoms with E-state index in [9.17, 15) is 5.11 Å². The number of nitrogens with one attached hydrogen (secondary N) is 2. The van der Waals surface area contributed by atoms with Crippen LogP contribution in [0.1, 0.15) is 23.1 Å². The Labute approximate surface area is 181 Å². The summed E-state index contributed by atoms with van der Waals surface area (Å²) >= 11 is 0. The van der Waals surface area contributed by atoms with E-state index >= 15 is 0 Å². The lowest BCUT2D eigenvalue weighted by Gasteiger charge is -2.34. The van der Waals surface area contributed by atoms with Gasteiger partial charge in [0.1, 0.15) is 11.5 Å². The summed E-state index contributed by atoms with van der Waals surface area (Å²) in [5.41, 5.74) is 4.41. The highest BCUT2D eigenvalue weighted by Crippen LogP contribution is 2.38. The van der Waals surface area contributed by atoms with Gasteiger partial charge in [-0.1, -0.05) is 6.07 Å². The van der Waals surface area contributed by atoms with Crippen LogP contribution in [0.15, 0.2) is 65.9 Å². The van der Waals surface area contributed by atoms with E-state index in [1.54, 1.807) is 31.9 Å². The topological polar surface area (TPSA) is 88.0 Å². The second-order valence-electron chi connectivity index (χ2n) is 7.39. The molecule has 2 aromatic carbocycles. The molecule has 0 spiro atoms. The molecule has 1 atom stereocenters. The number of benzene rings is 2. The van der Waals surface area contributed by atoms with Gasteiger partial charge in [-0.2, -0.15) is 0 Å². The predicted octanol–water partition coefficient (Wildman–Crippen LogP) is 4.43. The number of pyridine rings is 1. The number of anilines is 2. The number of nitrogens with zero attached hydrogens (tertiary/aromatic N) is 2. The molecule has 0 bridgehead atoms. The maximum atomic E-state index is 10.0. The summed E-state index contributed by atoms with van der Waals surface area (Å²) in [4.78, 5) is 8.55. The van der Waals surface area contributed by atoms with E-state index in [4.69, 9.17) is 9.47 Å². The first-order valence-corrected chi connectivity index (χ1v) is 10.2. The Hall–Kier alpha value is -3.58. The molecule has 0 saturated carbocycles. The van der Waals surface area contributed by atoms with Crippen LogP contribution >= 0.6 is 0 Å². The van der Waals surface area contributed by atoms with Gasteiger partial charge in [-0.05, 0) is 61.2 Å². The molecular weight excluding hydrogens is 392 g/mol. The fraction of sp³-hybridized carbons (Fsp3) is 0.250. The van der Waals surface area contributed by atoms with Crippen molar-refractivity contribution < 1.29 is 14.6 Å². The third-order valence-corrected chi connectivity index (χ3v) is 5.27. The molecule has 3 N–H and O–H groups in total. The van der Waals surface area contributed by atoms with Crippen LogP contribution in [0.2, 0.25) is 0 Å². The molecule has 1 aliphatic heterocycles. The van der Waals surface area contributed by atoms with E-state index in [0.29, 0.717) is 12.3 Å². The Morgan fingerprint density at radius 1 is 1.10 bits per heavy atom. The number of hydrogen-bond donors (Lipinski definition) is 3. The number of phenols is 1. The lowest BCUT2D eigenvalue weighted by atomic mass is 10.0. The number of methoxy groups -OCH3 is 1. The number of phenolic OH excluding ortho intramolecular Hbond substituents is 1. The molecule has 160 valence electrons. The molecule has 1 aliphatic rings. The molecule has 31 heavy (non-hydrogen) atoms. The summed E-state index contributed by atoms with van der Waals surface area (Å²) in [5, 5.41) is 16.5. The van der Waals surface area contributed by atoms with Crippen LogP contribution in [0.5, 0.6) is 11.5 Å². The molecule has 0 fully saturated rings. The minimum Gasteiger partial charge on any atom is -0.508 e. The number of aromatic hydroxyl groups is 1. The summed E-state index contributed by atoms with van der Waals surface area (Å²) in [6, 6.07) is 15.2. The monoisotopic (exact) mass is 418 g/mol. The van der Waals surface area contributed by atoms with Crippen molar-refractivity contribution in [2.24, 2.45) is 4.99 Å². The van der Waals surface area contributed by atoms with E-state index in [1.807, 2.05) is 49.4 Å². The fourth-order valence-corrected chi connectivity index (χ4v) is 3.50. The summed E-state index contributed by atoms with van der Waals surface area (Å²) in [6.07, 6.45) is 7.07. The highest BCUT2D eigenvalue weighted by Gasteiger charge is 2.36. The Bertz CT molecular complexity index is 1070. The van der Waals surface area contributed by atoms with Gasteiger partial charge in [-0.15, -0.1) is 0 Å². The number of hydrogen-bond acceptors (Lipinski definition) is 7. The third kappa shape index (κ3) is 4.62. The highest BCUT2D eigenvalue weighted by molar-refractivity contribution is 5.82. The molecule has 4 rings (SSSR count). The first-order chi connectivity index (χ1) is 15.1. The largest absolute Gasteiger partial charge is 0.508 e. The van der Waals surface area contributed by atoms with Crippen LogP contribution in [0.25, 0.3) is 0 Å². The summed E-state index contributed by atoms with van der Waals surface area (Å²) in [7, 11) is 1.59. The predicted molar refractivity (Wildman–Crippen MR) is 122 cm³/mol. The molecule has 0 saturated heterocycles. The Morgan fingerprint density at radius 3 is 2.71 bits per heavy atom. The Kier molecular flexibility index (Phi) is 6.04. The van der Waals surface area contributed by atoms with Gasteiger partial charge >= 0.3 is 0 Å². The smallest absolute Gasteiger partial charge is 0.267 e. The molecule has 2 heterocycles. The maximum absolute atomic E-state index is 10.0. The summed E-state index contributed by atoms with van der Waals surface area (Å²) in [6.45, 7) is 2.47. The molecule has 0 radical (unpaired) electrons. The van der Waals surface area contributed by atoms with E-state index in [0.717, 1.165) is 35.4 Å². The van der Waals surface area contributed by atoms with Crippen LogP contribution < -0.4 is 15.4 Å². The van der Waals surface area contributed by atoms with Crippen molar-refractivity contribution in [2.75, 3.05) is 24.4 Å². The molecule has 3 aromatic rings. The van der Waals surface area contributed by atoms with Crippen LogP contribution in [-0.4, -0.2) is 30.1 Å². The van der Waals surface area contributed by atoms with Gasteiger partial charge in [0.05, 0.1) is 24.2 Å². The van der Waals surface area contributed by atoms with E-state index in [-0.39, 0.29) is 5.75 Å². The lowest BCUT2D eigenvalue weighted by molar-refractivity contribution is 0.0191. The molecular formula is C24H26N4O3. The first kappa shape index (κ1) is 20.7. The fourth-order valence-electron chi connectivity index (χ4n) is 3.50. The van der Waals surface area contributed by atoms with E-state index < -0.39 is 5.85 Å². The SMILES string of the molecule is COC1(Nc2ccc(C)c(O)c2)N=CNc2cc(OCCCc3ccncc3)ccc21. The zero-order valence-corrected chi connectivity index (χ0v) is 17.6. The minimum absolute atomic E-state index is 0.213. The van der Waals surface area contributed by atoms with Gasteiger partial charge in [0.2, 0.25) is 0 Å². The number of ether oxygens (including phenoxy) is 2. The van der Waals surface area contributed by atoms with Crippen LogP contribution in [0, 0.1) is 6.92 Å². The van der Waals surface area contributed by atoms with Crippen molar-refractivity contribution in [1.29, 1.82) is 0 Å². The molecule has 7 heteroatoms. The van der Waals surface area contributed by atoms with Gasteiger partial charge < -0.3 is 25.2 Å². The van der Waals surface area contributed by atoms with Crippen LogP contribution in [0.4, 0.5) is 11.4 Å². The minimum atomic E-state index is -1.11. The van der Waals surface area contributed by atoms with Crippen molar-refractivity contribution in [3.63, 3.8) is 0 Å². The van der Waals surface area contributed by atoms with E-state index in [1.165, 1.54) is 5.56 Å². The lowest BCUT2D eigenvalue weighted by Crippen LogP contribution is -2.38. The molecule has 0 aliphatic carbocycles. The summed E-state index contributed by atoms with van der Waals surface area (Å²) < 4.78 is 11.7. The Balaban J connectivity index is 1.46. The van der Waals surface area contributed by atoms with Gasteiger partial charge in [0.25, 0.3) is 5.85 Å².